The molecule has 0 spiro atoms. The van der Waals surface area contributed by atoms with Crippen LogP contribution in [0.2, 0.25) is 0 Å². The van der Waals surface area contributed by atoms with Crippen LogP contribution in [0.3, 0.4) is 0 Å². The van der Waals surface area contributed by atoms with Gasteiger partial charge in [-0.3, -0.25) is 4.79 Å². The van der Waals surface area contributed by atoms with Crippen molar-refractivity contribution in [3.8, 4) is 5.88 Å². The molecule has 1 amide bonds. The summed E-state index contributed by atoms with van der Waals surface area (Å²) in [6, 6.07) is 4.68. The van der Waals surface area contributed by atoms with E-state index in [-0.39, 0.29) is 0 Å². The molecule has 0 bridgehead atoms. The number of alkyl halides is 5. The van der Waals surface area contributed by atoms with Gasteiger partial charge in [0.05, 0.1) is 18.8 Å². The van der Waals surface area contributed by atoms with Crippen LogP contribution < -0.4 is 10.1 Å². The number of nitrogens with one attached hydrogen (secondary N) is 1. The van der Waals surface area contributed by atoms with Crippen molar-refractivity contribution >= 4 is 23.5 Å². The number of aliphatic carboxylic acids is 1. The van der Waals surface area contributed by atoms with Crippen LogP contribution in [0, 0.1) is 0 Å². The second kappa shape index (κ2) is 9.13. The quantitative estimate of drug-likeness (QED) is 0.636. The largest absolute Gasteiger partial charge is 0.490 e. The van der Waals surface area contributed by atoms with Crippen LogP contribution in [0.4, 0.5) is 17.6 Å². The Morgan fingerprint density at radius 1 is 1.39 bits per heavy atom. The van der Waals surface area contributed by atoms with E-state index in [9.17, 15) is 22.4 Å². The molecule has 1 aromatic rings. The molecular weight excluding hydrogens is 348 g/mol. The number of amides is 1. The lowest BCUT2D eigenvalue weighted by Gasteiger charge is -2.13. The lowest BCUT2D eigenvalue weighted by molar-refractivity contribution is -0.192. The Bertz CT molecular complexity index is 540. The molecule has 1 aromatic heterocycles. The number of ether oxygens (including phenoxy) is 1. The second-order valence-electron chi connectivity index (χ2n) is 3.94. The molecule has 0 aliphatic carbocycles. The standard InChI is InChI=1S/C10H12ClFN2O2.C2HF3O2/c1-6(13-10(15)9(11)12)7-4-3-5-8(14-7)16-2;3-2(4,5)1(6)7/h3-6,9H,1-2H3,(H,13,15);(H,6,7). The van der Waals surface area contributed by atoms with Crippen molar-refractivity contribution in [3.63, 3.8) is 0 Å². The van der Waals surface area contributed by atoms with Gasteiger partial charge >= 0.3 is 12.1 Å². The van der Waals surface area contributed by atoms with Crippen LogP contribution in [0.1, 0.15) is 18.7 Å². The maximum absolute atomic E-state index is 12.4. The number of aromatic nitrogens is 1. The molecule has 2 N–H and O–H groups in total. The van der Waals surface area contributed by atoms with E-state index in [0.29, 0.717) is 11.6 Å². The van der Waals surface area contributed by atoms with Crippen molar-refractivity contribution in [2.24, 2.45) is 0 Å². The minimum absolute atomic E-state index is 0.431. The fourth-order valence-corrected chi connectivity index (χ4v) is 1.20. The minimum atomic E-state index is -5.08. The average molecular weight is 361 g/mol. The van der Waals surface area contributed by atoms with Gasteiger partial charge in [-0.15, -0.1) is 0 Å². The normalized spacial score (nSPS) is 13.2. The molecule has 0 radical (unpaired) electrons. The molecule has 0 aliphatic rings. The highest BCUT2D eigenvalue weighted by Gasteiger charge is 2.38. The van der Waals surface area contributed by atoms with Crippen LogP contribution in [0.15, 0.2) is 18.2 Å². The summed E-state index contributed by atoms with van der Waals surface area (Å²) in [6.07, 6.45) is -5.08. The number of carboxylic acid groups (broad SMARTS) is 1. The van der Waals surface area contributed by atoms with E-state index in [1.807, 2.05) is 0 Å². The van der Waals surface area contributed by atoms with Gasteiger partial charge in [0.2, 0.25) is 5.88 Å². The first-order valence-corrected chi connectivity index (χ1v) is 6.32. The maximum atomic E-state index is 12.4. The SMILES string of the molecule is COc1cccc(C(C)NC(=O)C(F)Cl)n1.O=C(O)C(F)(F)F. The molecule has 0 saturated heterocycles. The summed E-state index contributed by atoms with van der Waals surface area (Å²) < 4.78 is 49.1. The van der Waals surface area contributed by atoms with Gasteiger partial charge in [0, 0.05) is 6.07 Å². The van der Waals surface area contributed by atoms with Crippen molar-refractivity contribution in [2.45, 2.75) is 24.8 Å². The van der Waals surface area contributed by atoms with E-state index in [0.717, 1.165) is 0 Å². The van der Waals surface area contributed by atoms with Crippen LogP contribution in [-0.4, -0.2) is 40.9 Å². The van der Waals surface area contributed by atoms with Crippen molar-refractivity contribution < 1.29 is 37.0 Å². The van der Waals surface area contributed by atoms with Crippen LogP contribution >= 0.6 is 11.6 Å². The fourth-order valence-electron chi connectivity index (χ4n) is 1.14. The lowest BCUT2D eigenvalue weighted by atomic mass is 10.2. The molecule has 11 heteroatoms. The third kappa shape index (κ3) is 8.19. The van der Waals surface area contributed by atoms with Crippen molar-refractivity contribution in [3.05, 3.63) is 23.9 Å². The molecule has 1 heterocycles. The number of pyridine rings is 1. The first-order valence-electron chi connectivity index (χ1n) is 5.88. The third-order valence-corrected chi connectivity index (χ3v) is 2.40. The zero-order chi connectivity index (χ0) is 18.2. The number of carbonyl (C=O) groups excluding carboxylic acids is 1. The van der Waals surface area contributed by atoms with Crippen LogP contribution in [0.5, 0.6) is 5.88 Å². The zero-order valence-corrected chi connectivity index (χ0v) is 12.7. The lowest BCUT2D eigenvalue weighted by Crippen LogP contribution is -2.31. The number of rotatable bonds is 4. The smallest absolute Gasteiger partial charge is 0.481 e. The number of hydrogen-bond donors (Lipinski definition) is 2. The molecule has 2 atom stereocenters. The zero-order valence-electron chi connectivity index (χ0n) is 11.9. The van der Waals surface area contributed by atoms with Gasteiger partial charge in [-0.2, -0.15) is 13.2 Å². The van der Waals surface area contributed by atoms with E-state index in [1.54, 1.807) is 25.1 Å². The molecular formula is C12H13ClF4N2O4. The van der Waals surface area contributed by atoms with E-state index >= 15 is 0 Å². The van der Waals surface area contributed by atoms with Crippen molar-refractivity contribution in [1.82, 2.24) is 10.3 Å². The minimum Gasteiger partial charge on any atom is -0.481 e. The number of nitrogens with zero attached hydrogens (tertiary/aromatic N) is 1. The Morgan fingerprint density at radius 2 is 1.91 bits per heavy atom. The molecule has 0 fully saturated rings. The summed E-state index contributed by atoms with van der Waals surface area (Å²) in [6.45, 7) is 1.68. The highest BCUT2D eigenvalue weighted by molar-refractivity contribution is 6.29. The number of hydrogen-bond acceptors (Lipinski definition) is 4. The van der Waals surface area contributed by atoms with Gasteiger partial charge in [-0.05, 0) is 13.0 Å². The molecule has 6 nitrogen and oxygen atoms in total. The monoisotopic (exact) mass is 360 g/mol. The van der Waals surface area contributed by atoms with Crippen molar-refractivity contribution in [1.29, 1.82) is 0 Å². The summed E-state index contributed by atoms with van der Waals surface area (Å²) in [5, 5.41) is 9.51. The fraction of sp³-hybridized carbons (Fsp3) is 0.417. The van der Waals surface area contributed by atoms with E-state index in [2.05, 4.69) is 10.3 Å². The predicted octanol–water partition coefficient (Wildman–Crippen LogP) is 2.44. The van der Waals surface area contributed by atoms with Crippen molar-refractivity contribution in [2.75, 3.05) is 7.11 Å². The molecule has 1 rings (SSSR count). The van der Waals surface area contributed by atoms with E-state index < -0.39 is 29.7 Å². The number of carboxylic acids is 1. The summed E-state index contributed by atoms with van der Waals surface area (Å²) in [5.74, 6) is -3.20. The van der Waals surface area contributed by atoms with E-state index in [4.69, 9.17) is 26.2 Å². The summed E-state index contributed by atoms with van der Waals surface area (Å²) >= 11 is 4.99. The predicted molar refractivity (Wildman–Crippen MR) is 71.8 cm³/mol. The Balaban J connectivity index is 0.000000585. The topological polar surface area (TPSA) is 88.5 Å². The Labute approximate surface area is 133 Å². The van der Waals surface area contributed by atoms with Crippen LogP contribution in [0.25, 0.3) is 0 Å². The maximum Gasteiger partial charge on any atom is 0.490 e. The van der Waals surface area contributed by atoms with Gasteiger partial charge in [0.25, 0.3) is 11.5 Å². The number of carbonyl (C=O) groups is 2. The first kappa shape index (κ1) is 20.9. The van der Waals surface area contributed by atoms with Gasteiger partial charge < -0.3 is 15.2 Å². The molecule has 0 aromatic carbocycles. The summed E-state index contributed by atoms with van der Waals surface area (Å²) in [4.78, 5) is 24.0. The highest BCUT2D eigenvalue weighted by Crippen LogP contribution is 2.14. The molecule has 0 saturated carbocycles. The molecule has 0 aliphatic heterocycles. The van der Waals surface area contributed by atoms with Gasteiger partial charge in [0.1, 0.15) is 0 Å². The Kier molecular flexibility index (Phi) is 8.30. The van der Waals surface area contributed by atoms with E-state index in [1.165, 1.54) is 7.11 Å². The summed E-state index contributed by atoms with van der Waals surface area (Å²) in [7, 11) is 1.49. The molecule has 23 heavy (non-hydrogen) atoms. The van der Waals surface area contributed by atoms with Gasteiger partial charge in [-0.25, -0.2) is 14.2 Å². The van der Waals surface area contributed by atoms with Gasteiger partial charge in [-0.1, -0.05) is 17.7 Å². The average Bonchev–Trinajstić information content (AvgIpc) is 2.46. The molecule has 2 unspecified atom stereocenters. The van der Waals surface area contributed by atoms with Gasteiger partial charge in [0.15, 0.2) is 0 Å². The first-order chi connectivity index (χ1) is 10.5. The highest BCUT2D eigenvalue weighted by atomic mass is 35.5. The molecule has 130 valence electrons. The summed E-state index contributed by atoms with van der Waals surface area (Å²) in [5.41, 5.74) is -1.47. The third-order valence-electron chi connectivity index (χ3n) is 2.20. The number of halogens is 5. The second-order valence-corrected chi connectivity index (χ2v) is 4.32. The Morgan fingerprint density at radius 3 is 2.30 bits per heavy atom. The number of methoxy groups -OCH3 is 1. The Hall–Kier alpha value is -2.10. The van der Waals surface area contributed by atoms with Crippen LogP contribution in [-0.2, 0) is 9.59 Å².